The molecule has 0 aromatic heterocycles. The number of nitrogens with one attached hydrogen (secondary N) is 1. The number of hydrogen-bond acceptors (Lipinski definition) is 4. The Morgan fingerprint density at radius 1 is 0.964 bits per heavy atom. The van der Waals surface area contributed by atoms with Gasteiger partial charge in [0.05, 0.1) is 6.21 Å². The Bertz CT molecular complexity index is 763. The van der Waals surface area contributed by atoms with Crippen LogP contribution in [-0.2, 0) is 4.79 Å². The fraction of sp³-hybridized carbons (Fsp3) is 0.391. The Kier molecular flexibility index (Phi) is 7.47. The average molecular weight is 380 g/mol. The second kappa shape index (κ2) is 10.5. The lowest BCUT2D eigenvalue weighted by Gasteiger charge is -2.22. The Labute approximate surface area is 166 Å². The summed E-state index contributed by atoms with van der Waals surface area (Å²) in [7, 11) is 0. The lowest BCUT2D eigenvalue weighted by molar-refractivity contribution is -0.118. The van der Waals surface area contributed by atoms with Gasteiger partial charge in [0.2, 0.25) is 5.91 Å². The number of carbonyl (C=O) groups excluding carboxylic acids is 1. The molecule has 0 saturated heterocycles. The van der Waals surface area contributed by atoms with Crippen LogP contribution in [0.3, 0.4) is 0 Å². The molecular weight excluding hydrogens is 352 g/mol. The molecule has 1 amide bonds. The van der Waals surface area contributed by atoms with Crippen molar-refractivity contribution in [1.82, 2.24) is 5.43 Å². The van der Waals surface area contributed by atoms with Crippen LogP contribution in [0, 0.1) is 0 Å². The van der Waals surface area contributed by atoms with Crippen molar-refractivity contribution in [3.8, 4) is 11.5 Å². The predicted octanol–water partition coefficient (Wildman–Crippen LogP) is 4.66. The maximum Gasteiger partial charge on any atom is 0.236 e. The highest BCUT2D eigenvalue weighted by Crippen LogP contribution is 2.33. The van der Waals surface area contributed by atoms with E-state index in [0.29, 0.717) is 13.2 Å². The van der Waals surface area contributed by atoms with Crippen LogP contribution in [0.15, 0.2) is 53.6 Å². The summed E-state index contributed by atoms with van der Waals surface area (Å²) in [5.41, 5.74) is 4.69. The molecule has 0 radical (unpaired) electrons. The normalized spacial score (nSPS) is 14.8. The molecule has 5 heteroatoms. The molecule has 0 heterocycles. The molecule has 0 bridgehead atoms. The predicted molar refractivity (Wildman–Crippen MR) is 111 cm³/mol. The Morgan fingerprint density at radius 2 is 1.54 bits per heavy atom. The lowest BCUT2D eigenvalue weighted by Crippen LogP contribution is -2.12. The summed E-state index contributed by atoms with van der Waals surface area (Å²) in [4.78, 5) is 10.8. The molecule has 1 N–H and O–H groups in total. The van der Waals surface area contributed by atoms with Gasteiger partial charge in [0.1, 0.15) is 24.7 Å². The van der Waals surface area contributed by atoms with E-state index in [1.165, 1.54) is 44.6 Å². The first-order chi connectivity index (χ1) is 13.7. The van der Waals surface area contributed by atoms with Gasteiger partial charge in [0.25, 0.3) is 0 Å². The van der Waals surface area contributed by atoms with Crippen molar-refractivity contribution >= 4 is 12.1 Å². The smallest absolute Gasteiger partial charge is 0.236 e. The van der Waals surface area contributed by atoms with E-state index < -0.39 is 0 Å². The fourth-order valence-electron chi connectivity index (χ4n) is 3.44. The monoisotopic (exact) mass is 380 g/mol. The van der Waals surface area contributed by atoms with Gasteiger partial charge >= 0.3 is 0 Å². The van der Waals surface area contributed by atoms with E-state index >= 15 is 0 Å². The van der Waals surface area contributed by atoms with E-state index in [-0.39, 0.29) is 5.91 Å². The van der Waals surface area contributed by atoms with E-state index in [1.807, 2.05) is 24.3 Å². The summed E-state index contributed by atoms with van der Waals surface area (Å²) in [5.74, 6) is 2.18. The van der Waals surface area contributed by atoms with Crippen molar-refractivity contribution < 1.29 is 14.3 Å². The molecule has 1 saturated carbocycles. The number of amides is 1. The average Bonchev–Trinajstić information content (AvgIpc) is 2.73. The first kappa shape index (κ1) is 19.9. The van der Waals surface area contributed by atoms with Crippen LogP contribution in [0.25, 0.3) is 0 Å². The Morgan fingerprint density at radius 3 is 2.11 bits per heavy atom. The van der Waals surface area contributed by atoms with Gasteiger partial charge in [-0.05, 0) is 66.3 Å². The summed E-state index contributed by atoms with van der Waals surface area (Å²) in [5, 5.41) is 3.83. The third-order valence-electron chi connectivity index (χ3n) is 4.89. The van der Waals surface area contributed by atoms with E-state index in [0.717, 1.165) is 23.0 Å². The van der Waals surface area contributed by atoms with Crippen LogP contribution in [0.5, 0.6) is 11.5 Å². The number of carbonyl (C=O) groups is 1. The van der Waals surface area contributed by atoms with Gasteiger partial charge in [-0.15, -0.1) is 0 Å². The minimum Gasteiger partial charge on any atom is -0.490 e. The highest BCUT2D eigenvalue weighted by atomic mass is 16.5. The van der Waals surface area contributed by atoms with Crippen molar-refractivity contribution in [2.24, 2.45) is 5.10 Å². The zero-order chi connectivity index (χ0) is 19.6. The Balaban J connectivity index is 1.38. The number of ether oxygens (including phenoxy) is 2. The van der Waals surface area contributed by atoms with Crippen LogP contribution in [-0.4, -0.2) is 25.3 Å². The van der Waals surface area contributed by atoms with Crippen molar-refractivity contribution in [1.29, 1.82) is 0 Å². The van der Waals surface area contributed by atoms with E-state index in [2.05, 4.69) is 34.8 Å². The van der Waals surface area contributed by atoms with Crippen LogP contribution >= 0.6 is 0 Å². The van der Waals surface area contributed by atoms with E-state index in [1.54, 1.807) is 6.21 Å². The number of benzene rings is 2. The maximum atomic E-state index is 10.8. The third kappa shape index (κ3) is 6.41. The van der Waals surface area contributed by atoms with Gasteiger partial charge in [0.15, 0.2) is 0 Å². The van der Waals surface area contributed by atoms with Crippen LogP contribution in [0.2, 0.25) is 0 Å². The third-order valence-corrected chi connectivity index (χ3v) is 4.89. The van der Waals surface area contributed by atoms with Crippen LogP contribution in [0.1, 0.15) is 56.1 Å². The standard InChI is InChI=1S/C23H28N2O3/c1-18(26)25-24-17-19-7-11-22(12-8-19)27-15-16-28-23-13-9-21(10-14-23)20-5-3-2-4-6-20/h7-14,17,20H,2-6,15-16H2,1H3,(H,25,26). The van der Waals surface area contributed by atoms with Crippen LogP contribution < -0.4 is 14.9 Å². The second-order valence-electron chi connectivity index (χ2n) is 7.10. The molecular formula is C23H28N2O3. The van der Waals surface area contributed by atoms with Gasteiger partial charge in [0, 0.05) is 6.92 Å². The van der Waals surface area contributed by atoms with E-state index in [9.17, 15) is 4.79 Å². The second-order valence-corrected chi connectivity index (χ2v) is 7.10. The van der Waals surface area contributed by atoms with Gasteiger partial charge in [-0.25, -0.2) is 5.43 Å². The molecule has 5 nitrogen and oxygen atoms in total. The summed E-state index contributed by atoms with van der Waals surface area (Å²) in [6.07, 6.45) is 8.29. The Hall–Kier alpha value is -2.82. The van der Waals surface area contributed by atoms with Crippen molar-refractivity contribution in [3.05, 3.63) is 59.7 Å². The van der Waals surface area contributed by atoms with Crippen LogP contribution in [0.4, 0.5) is 0 Å². The SMILES string of the molecule is CC(=O)NN=Cc1ccc(OCCOc2ccc(C3CCCCC3)cc2)cc1. The summed E-state index contributed by atoms with van der Waals surface area (Å²) in [6, 6.07) is 16.0. The number of nitrogens with zero attached hydrogens (tertiary/aromatic N) is 1. The molecule has 2 aromatic carbocycles. The topological polar surface area (TPSA) is 59.9 Å². The highest BCUT2D eigenvalue weighted by Gasteiger charge is 2.15. The maximum absolute atomic E-state index is 10.8. The van der Waals surface area contributed by atoms with Gasteiger partial charge < -0.3 is 9.47 Å². The molecule has 0 aliphatic heterocycles. The quantitative estimate of drug-likeness (QED) is 0.411. The minimum atomic E-state index is -0.195. The summed E-state index contributed by atoms with van der Waals surface area (Å²) >= 11 is 0. The highest BCUT2D eigenvalue weighted by molar-refractivity contribution is 5.81. The van der Waals surface area contributed by atoms with Crippen molar-refractivity contribution in [3.63, 3.8) is 0 Å². The molecule has 0 unspecified atom stereocenters. The summed E-state index contributed by atoms with van der Waals surface area (Å²) < 4.78 is 11.5. The fourth-order valence-corrected chi connectivity index (χ4v) is 3.44. The molecule has 1 aliphatic rings. The zero-order valence-electron chi connectivity index (χ0n) is 16.4. The molecule has 2 aromatic rings. The number of hydrazone groups is 1. The molecule has 3 rings (SSSR count). The van der Waals surface area contributed by atoms with Gasteiger partial charge in [-0.3, -0.25) is 4.79 Å². The molecule has 28 heavy (non-hydrogen) atoms. The summed E-state index contributed by atoms with van der Waals surface area (Å²) in [6.45, 7) is 2.39. The minimum absolute atomic E-state index is 0.195. The molecule has 148 valence electrons. The number of hydrogen-bond donors (Lipinski definition) is 1. The first-order valence-electron chi connectivity index (χ1n) is 9.96. The van der Waals surface area contributed by atoms with Gasteiger partial charge in [-0.2, -0.15) is 5.10 Å². The number of rotatable bonds is 8. The zero-order valence-corrected chi connectivity index (χ0v) is 16.4. The molecule has 0 atom stereocenters. The van der Waals surface area contributed by atoms with Crippen molar-refractivity contribution in [2.75, 3.05) is 13.2 Å². The first-order valence-corrected chi connectivity index (χ1v) is 9.96. The molecule has 0 spiro atoms. The van der Waals surface area contributed by atoms with E-state index in [4.69, 9.17) is 9.47 Å². The van der Waals surface area contributed by atoms with Gasteiger partial charge in [-0.1, -0.05) is 31.4 Å². The largest absolute Gasteiger partial charge is 0.490 e. The molecule has 1 aliphatic carbocycles. The molecule has 1 fully saturated rings. The van der Waals surface area contributed by atoms with Crippen molar-refractivity contribution in [2.45, 2.75) is 44.9 Å². The lowest BCUT2D eigenvalue weighted by atomic mass is 9.84.